The molecule has 2 aromatic rings. The molecule has 1 aromatic carbocycles. The van der Waals surface area contributed by atoms with Crippen LogP contribution in [0.3, 0.4) is 0 Å². The molecule has 2 heterocycles. The summed E-state index contributed by atoms with van der Waals surface area (Å²) in [5, 5.41) is 1.29. The summed E-state index contributed by atoms with van der Waals surface area (Å²) in [6.07, 6.45) is 0. The molecule has 4 heteroatoms. The van der Waals surface area contributed by atoms with Crippen molar-refractivity contribution in [2.75, 3.05) is 38.1 Å². The van der Waals surface area contributed by atoms with Crippen LogP contribution in [0.25, 0.3) is 10.9 Å². The van der Waals surface area contributed by atoms with Crippen LogP contribution in [0.1, 0.15) is 5.69 Å². The number of benzene rings is 1. The number of fused-ring (bicyclic) bond motifs is 1. The van der Waals surface area contributed by atoms with Crippen molar-refractivity contribution in [1.29, 1.82) is 0 Å². The molecule has 1 aliphatic rings. The summed E-state index contributed by atoms with van der Waals surface area (Å²) in [5.74, 6) is 0. The van der Waals surface area contributed by atoms with Crippen LogP contribution in [0.15, 0.2) is 24.3 Å². The van der Waals surface area contributed by atoms with E-state index in [1.807, 2.05) is 0 Å². The van der Waals surface area contributed by atoms with Gasteiger partial charge in [0, 0.05) is 62.1 Å². The molecule has 0 aliphatic carbocycles. The summed E-state index contributed by atoms with van der Waals surface area (Å²) >= 11 is 0. The highest BCUT2D eigenvalue weighted by molar-refractivity contribution is 5.85. The van der Waals surface area contributed by atoms with Crippen molar-refractivity contribution < 1.29 is 0 Å². The number of likely N-dealkylation sites (N-methyl/N-ethyl adjacent to an activating group) is 1. The molecule has 0 atom stereocenters. The molecule has 1 aliphatic heterocycles. The lowest BCUT2D eigenvalue weighted by Crippen LogP contribution is -2.44. The number of piperazine rings is 1. The molecule has 1 saturated heterocycles. The second-order valence-electron chi connectivity index (χ2n) is 5.43. The summed E-state index contributed by atoms with van der Waals surface area (Å²) in [7, 11) is 4.27. The zero-order valence-electron chi connectivity index (χ0n) is 11.8. The predicted octanol–water partition coefficient (Wildman–Crippen LogP) is 1.39. The Bertz CT molecular complexity index is 579. The van der Waals surface area contributed by atoms with Crippen molar-refractivity contribution in [3.63, 3.8) is 0 Å². The maximum absolute atomic E-state index is 5.77. The Kier molecular flexibility index (Phi) is 3.21. The Morgan fingerprint density at radius 2 is 1.79 bits per heavy atom. The number of nitrogens with two attached hydrogens (primary N) is 1. The van der Waals surface area contributed by atoms with Crippen LogP contribution in [-0.4, -0.2) is 42.7 Å². The summed E-state index contributed by atoms with van der Waals surface area (Å²) in [6, 6.07) is 8.94. The molecule has 1 aromatic heterocycles. The lowest BCUT2D eigenvalue weighted by Gasteiger charge is -2.34. The third-order valence-electron chi connectivity index (χ3n) is 4.20. The van der Waals surface area contributed by atoms with Crippen molar-refractivity contribution in [1.82, 2.24) is 9.47 Å². The van der Waals surface area contributed by atoms with Gasteiger partial charge in [0.2, 0.25) is 0 Å². The Morgan fingerprint density at radius 1 is 1.05 bits per heavy atom. The highest BCUT2D eigenvalue weighted by Crippen LogP contribution is 2.25. The number of anilines is 1. The Balaban J connectivity index is 1.93. The van der Waals surface area contributed by atoms with Gasteiger partial charge in [-0.2, -0.15) is 0 Å². The first-order chi connectivity index (χ1) is 9.19. The molecule has 102 valence electrons. The zero-order chi connectivity index (χ0) is 13.4. The predicted molar refractivity (Wildman–Crippen MR) is 80.5 cm³/mol. The van der Waals surface area contributed by atoms with Crippen molar-refractivity contribution >= 4 is 16.6 Å². The third kappa shape index (κ3) is 2.22. The minimum absolute atomic E-state index is 0.592. The van der Waals surface area contributed by atoms with Gasteiger partial charge in [-0.25, -0.2) is 0 Å². The molecule has 3 rings (SSSR count). The van der Waals surface area contributed by atoms with Crippen LogP contribution in [0.2, 0.25) is 0 Å². The topological polar surface area (TPSA) is 37.4 Å². The molecule has 0 bridgehead atoms. The molecule has 0 radical (unpaired) electrons. The Hall–Kier alpha value is -1.52. The molecule has 19 heavy (non-hydrogen) atoms. The van der Waals surface area contributed by atoms with E-state index in [0.29, 0.717) is 6.54 Å². The van der Waals surface area contributed by atoms with Crippen LogP contribution in [-0.2, 0) is 13.6 Å². The van der Waals surface area contributed by atoms with Crippen LogP contribution in [0.4, 0.5) is 5.69 Å². The summed E-state index contributed by atoms with van der Waals surface area (Å²) in [5.41, 5.74) is 9.55. The smallest absolute Gasteiger partial charge is 0.0481 e. The average Bonchev–Trinajstić information content (AvgIpc) is 2.76. The van der Waals surface area contributed by atoms with Gasteiger partial charge in [-0.3, -0.25) is 0 Å². The quantitative estimate of drug-likeness (QED) is 0.884. The number of hydrogen-bond acceptors (Lipinski definition) is 3. The van der Waals surface area contributed by atoms with Gasteiger partial charge in [0.15, 0.2) is 0 Å². The lowest BCUT2D eigenvalue weighted by molar-refractivity contribution is 0.313. The van der Waals surface area contributed by atoms with Gasteiger partial charge in [0.25, 0.3) is 0 Å². The van der Waals surface area contributed by atoms with E-state index in [2.05, 4.69) is 52.7 Å². The minimum Gasteiger partial charge on any atom is -0.369 e. The van der Waals surface area contributed by atoms with Crippen LogP contribution in [0.5, 0.6) is 0 Å². The molecular weight excluding hydrogens is 236 g/mol. The first-order valence-electron chi connectivity index (χ1n) is 6.91. The van der Waals surface area contributed by atoms with Gasteiger partial charge in [0.1, 0.15) is 0 Å². The van der Waals surface area contributed by atoms with Gasteiger partial charge in [-0.15, -0.1) is 0 Å². The highest BCUT2D eigenvalue weighted by Gasteiger charge is 2.15. The summed E-state index contributed by atoms with van der Waals surface area (Å²) < 4.78 is 2.18. The SMILES string of the molecule is CN1CCN(c2ccc3c(c2)cc(CN)n3C)CC1. The van der Waals surface area contributed by atoms with Gasteiger partial charge < -0.3 is 20.1 Å². The molecule has 1 fully saturated rings. The van der Waals surface area contributed by atoms with Crippen LogP contribution >= 0.6 is 0 Å². The van der Waals surface area contributed by atoms with Gasteiger partial charge >= 0.3 is 0 Å². The number of rotatable bonds is 2. The summed E-state index contributed by atoms with van der Waals surface area (Å²) in [4.78, 5) is 4.85. The summed E-state index contributed by atoms with van der Waals surface area (Å²) in [6.45, 7) is 5.09. The van der Waals surface area contributed by atoms with E-state index < -0.39 is 0 Å². The van der Waals surface area contributed by atoms with Crippen molar-refractivity contribution in [2.24, 2.45) is 12.8 Å². The lowest BCUT2D eigenvalue weighted by atomic mass is 10.2. The van der Waals surface area contributed by atoms with Crippen molar-refractivity contribution in [3.8, 4) is 0 Å². The molecule has 0 spiro atoms. The number of aromatic nitrogens is 1. The molecular formula is C15H22N4. The van der Waals surface area contributed by atoms with E-state index in [1.54, 1.807) is 0 Å². The van der Waals surface area contributed by atoms with E-state index in [4.69, 9.17) is 5.73 Å². The average molecular weight is 258 g/mol. The monoisotopic (exact) mass is 258 g/mol. The van der Waals surface area contributed by atoms with E-state index >= 15 is 0 Å². The largest absolute Gasteiger partial charge is 0.369 e. The van der Waals surface area contributed by atoms with Crippen LogP contribution in [0, 0.1) is 0 Å². The van der Waals surface area contributed by atoms with E-state index in [0.717, 1.165) is 26.2 Å². The van der Waals surface area contributed by atoms with Crippen molar-refractivity contribution in [2.45, 2.75) is 6.54 Å². The second kappa shape index (κ2) is 4.87. The van der Waals surface area contributed by atoms with Crippen LogP contribution < -0.4 is 10.6 Å². The van der Waals surface area contributed by atoms with Gasteiger partial charge in [-0.05, 0) is 31.3 Å². The number of nitrogens with zero attached hydrogens (tertiary/aromatic N) is 3. The molecule has 0 saturated carbocycles. The Labute approximate surface area is 114 Å². The van der Waals surface area contributed by atoms with E-state index in [-0.39, 0.29) is 0 Å². The standard InChI is InChI=1S/C15H22N4/c1-17-5-7-19(8-6-17)13-3-4-15-12(9-13)10-14(11-16)18(15)2/h3-4,9-10H,5-8,11,16H2,1-2H3. The zero-order valence-corrected chi connectivity index (χ0v) is 11.8. The first kappa shape index (κ1) is 12.5. The second-order valence-corrected chi connectivity index (χ2v) is 5.43. The molecule has 0 amide bonds. The fourth-order valence-electron chi connectivity index (χ4n) is 2.85. The normalized spacial score (nSPS) is 17.3. The van der Waals surface area contributed by atoms with Crippen molar-refractivity contribution in [3.05, 3.63) is 30.0 Å². The molecule has 2 N–H and O–H groups in total. The van der Waals surface area contributed by atoms with E-state index in [1.165, 1.54) is 22.3 Å². The third-order valence-corrected chi connectivity index (χ3v) is 4.20. The molecule has 4 nitrogen and oxygen atoms in total. The maximum Gasteiger partial charge on any atom is 0.0481 e. The highest BCUT2D eigenvalue weighted by atomic mass is 15.2. The fraction of sp³-hybridized carbons (Fsp3) is 0.467. The first-order valence-corrected chi connectivity index (χ1v) is 6.91. The van der Waals surface area contributed by atoms with Gasteiger partial charge in [-0.1, -0.05) is 0 Å². The fourth-order valence-corrected chi connectivity index (χ4v) is 2.85. The molecule has 0 unspecified atom stereocenters. The van der Waals surface area contributed by atoms with E-state index in [9.17, 15) is 0 Å². The maximum atomic E-state index is 5.77. The number of aryl methyl sites for hydroxylation is 1. The van der Waals surface area contributed by atoms with Gasteiger partial charge in [0.05, 0.1) is 0 Å². The minimum atomic E-state index is 0.592. The Morgan fingerprint density at radius 3 is 2.47 bits per heavy atom. The number of hydrogen-bond donors (Lipinski definition) is 1.